The summed E-state index contributed by atoms with van der Waals surface area (Å²) in [7, 11) is 1.94. The lowest BCUT2D eigenvalue weighted by atomic mass is 10.0. The molecule has 5 nitrogen and oxygen atoms in total. The zero-order chi connectivity index (χ0) is 13.2. The van der Waals surface area contributed by atoms with Gasteiger partial charge < -0.3 is 5.32 Å². The van der Waals surface area contributed by atoms with Crippen LogP contribution < -0.4 is 5.32 Å². The lowest BCUT2D eigenvalue weighted by Crippen LogP contribution is -2.16. The SMILES string of the molecule is CCCCC(CC)CSc1nnnn1CCNC. The van der Waals surface area contributed by atoms with E-state index in [4.69, 9.17) is 0 Å². The van der Waals surface area contributed by atoms with Crippen LogP contribution in [0.5, 0.6) is 0 Å². The summed E-state index contributed by atoms with van der Waals surface area (Å²) < 4.78 is 1.88. The highest BCUT2D eigenvalue weighted by atomic mass is 32.2. The Hall–Kier alpha value is -0.620. The number of likely N-dealkylation sites (N-methyl/N-ethyl adjacent to an activating group) is 1. The van der Waals surface area contributed by atoms with Gasteiger partial charge >= 0.3 is 0 Å². The van der Waals surface area contributed by atoms with Crippen molar-refractivity contribution in [2.45, 2.75) is 51.2 Å². The Kier molecular flexibility index (Phi) is 8.00. The third-order valence-electron chi connectivity index (χ3n) is 3.06. The highest BCUT2D eigenvalue weighted by molar-refractivity contribution is 7.99. The predicted octanol–water partition coefficient (Wildman–Crippen LogP) is 2.20. The molecule has 0 radical (unpaired) electrons. The van der Waals surface area contributed by atoms with Crippen LogP contribution in [0.3, 0.4) is 0 Å². The number of rotatable bonds is 10. The van der Waals surface area contributed by atoms with Crippen LogP contribution in [0.25, 0.3) is 0 Å². The first kappa shape index (κ1) is 15.4. The topological polar surface area (TPSA) is 55.6 Å². The number of hydrogen-bond donors (Lipinski definition) is 1. The summed E-state index contributed by atoms with van der Waals surface area (Å²) >= 11 is 1.79. The van der Waals surface area contributed by atoms with Crippen molar-refractivity contribution in [2.24, 2.45) is 5.92 Å². The Morgan fingerprint density at radius 1 is 1.39 bits per heavy atom. The number of nitrogens with one attached hydrogen (secondary N) is 1. The molecule has 0 aliphatic carbocycles. The molecule has 0 aliphatic heterocycles. The lowest BCUT2D eigenvalue weighted by molar-refractivity contribution is 0.496. The smallest absolute Gasteiger partial charge is 0.209 e. The average molecular weight is 271 g/mol. The van der Waals surface area contributed by atoms with Crippen LogP contribution in [0.15, 0.2) is 5.16 Å². The largest absolute Gasteiger partial charge is 0.318 e. The number of hydrogen-bond acceptors (Lipinski definition) is 5. The van der Waals surface area contributed by atoms with E-state index >= 15 is 0 Å². The van der Waals surface area contributed by atoms with Crippen molar-refractivity contribution in [1.29, 1.82) is 0 Å². The average Bonchev–Trinajstić information content (AvgIpc) is 2.84. The van der Waals surface area contributed by atoms with Crippen LogP contribution in [-0.4, -0.2) is 39.6 Å². The Morgan fingerprint density at radius 3 is 2.89 bits per heavy atom. The molecule has 1 N–H and O–H groups in total. The number of thioether (sulfide) groups is 1. The fourth-order valence-corrected chi connectivity index (χ4v) is 2.91. The van der Waals surface area contributed by atoms with E-state index < -0.39 is 0 Å². The normalized spacial score (nSPS) is 12.8. The monoisotopic (exact) mass is 271 g/mol. The van der Waals surface area contributed by atoms with Gasteiger partial charge in [-0.1, -0.05) is 44.9 Å². The van der Waals surface area contributed by atoms with Crippen LogP contribution >= 0.6 is 11.8 Å². The van der Waals surface area contributed by atoms with E-state index in [2.05, 4.69) is 34.7 Å². The molecule has 1 atom stereocenters. The summed E-state index contributed by atoms with van der Waals surface area (Å²) in [5.41, 5.74) is 0. The van der Waals surface area contributed by atoms with Crippen LogP contribution in [0.1, 0.15) is 39.5 Å². The maximum Gasteiger partial charge on any atom is 0.209 e. The molecule has 0 amide bonds. The number of aromatic nitrogens is 4. The summed E-state index contributed by atoms with van der Waals surface area (Å²) in [5.74, 6) is 1.90. The Bertz CT molecular complexity index is 315. The van der Waals surface area contributed by atoms with E-state index in [0.717, 1.165) is 29.9 Å². The third kappa shape index (κ3) is 5.35. The van der Waals surface area contributed by atoms with Gasteiger partial charge in [0.25, 0.3) is 0 Å². The first-order chi connectivity index (χ1) is 8.81. The van der Waals surface area contributed by atoms with Gasteiger partial charge in [0.05, 0.1) is 6.54 Å². The Labute approximate surface area is 114 Å². The van der Waals surface area contributed by atoms with E-state index in [-0.39, 0.29) is 0 Å². The highest BCUT2D eigenvalue weighted by Crippen LogP contribution is 2.22. The van der Waals surface area contributed by atoms with E-state index in [1.807, 2.05) is 11.7 Å². The Balaban J connectivity index is 2.38. The summed E-state index contributed by atoms with van der Waals surface area (Å²) in [6, 6.07) is 0. The summed E-state index contributed by atoms with van der Waals surface area (Å²) in [6.45, 7) is 6.24. The fraction of sp³-hybridized carbons (Fsp3) is 0.917. The van der Waals surface area contributed by atoms with Crippen molar-refractivity contribution in [2.75, 3.05) is 19.3 Å². The molecule has 0 aromatic carbocycles. The minimum Gasteiger partial charge on any atom is -0.318 e. The second-order valence-corrected chi connectivity index (χ2v) is 5.50. The Morgan fingerprint density at radius 2 is 2.22 bits per heavy atom. The molecule has 0 saturated carbocycles. The van der Waals surface area contributed by atoms with Crippen molar-refractivity contribution >= 4 is 11.8 Å². The van der Waals surface area contributed by atoms with Gasteiger partial charge in [0.2, 0.25) is 5.16 Å². The third-order valence-corrected chi connectivity index (χ3v) is 4.25. The quantitative estimate of drug-likeness (QED) is 0.661. The summed E-state index contributed by atoms with van der Waals surface area (Å²) in [6.07, 6.45) is 5.16. The maximum atomic E-state index is 4.09. The van der Waals surface area contributed by atoms with Crippen LogP contribution in [-0.2, 0) is 6.54 Å². The van der Waals surface area contributed by atoms with Crippen LogP contribution in [0, 0.1) is 5.92 Å². The molecular formula is C12H25N5S. The van der Waals surface area contributed by atoms with Gasteiger partial charge in [0, 0.05) is 12.3 Å². The van der Waals surface area contributed by atoms with E-state index in [9.17, 15) is 0 Å². The van der Waals surface area contributed by atoms with E-state index in [1.165, 1.54) is 25.7 Å². The van der Waals surface area contributed by atoms with Gasteiger partial charge in [0.1, 0.15) is 0 Å². The van der Waals surface area contributed by atoms with Gasteiger partial charge in [0.15, 0.2) is 0 Å². The minimum absolute atomic E-state index is 0.782. The molecule has 104 valence electrons. The molecule has 1 rings (SSSR count). The molecule has 0 fully saturated rings. The summed E-state index contributed by atoms with van der Waals surface area (Å²) in [4.78, 5) is 0. The highest BCUT2D eigenvalue weighted by Gasteiger charge is 2.11. The molecule has 1 aromatic heterocycles. The van der Waals surface area contributed by atoms with Crippen molar-refractivity contribution in [3.63, 3.8) is 0 Å². The van der Waals surface area contributed by atoms with Gasteiger partial charge in [-0.15, -0.1) is 5.10 Å². The van der Waals surface area contributed by atoms with Crippen molar-refractivity contribution in [1.82, 2.24) is 25.5 Å². The van der Waals surface area contributed by atoms with E-state index in [0.29, 0.717) is 0 Å². The van der Waals surface area contributed by atoms with Crippen molar-refractivity contribution < 1.29 is 0 Å². The van der Waals surface area contributed by atoms with Gasteiger partial charge in [-0.2, -0.15) is 0 Å². The van der Waals surface area contributed by atoms with Gasteiger partial charge in [-0.3, -0.25) is 0 Å². The summed E-state index contributed by atoms with van der Waals surface area (Å²) in [5, 5.41) is 15.9. The van der Waals surface area contributed by atoms with Crippen molar-refractivity contribution in [3.05, 3.63) is 0 Å². The minimum atomic E-state index is 0.782. The van der Waals surface area contributed by atoms with Gasteiger partial charge in [-0.25, -0.2) is 4.68 Å². The number of unbranched alkanes of at least 4 members (excludes halogenated alkanes) is 1. The second kappa shape index (κ2) is 9.33. The molecule has 0 spiro atoms. The molecule has 18 heavy (non-hydrogen) atoms. The molecule has 6 heteroatoms. The van der Waals surface area contributed by atoms with E-state index in [1.54, 1.807) is 11.8 Å². The van der Waals surface area contributed by atoms with Gasteiger partial charge in [-0.05, 0) is 29.8 Å². The molecule has 1 aromatic rings. The molecule has 0 aliphatic rings. The first-order valence-corrected chi connectivity index (χ1v) is 7.83. The zero-order valence-electron chi connectivity index (χ0n) is 11.7. The van der Waals surface area contributed by atoms with Crippen LogP contribution in [0.4, 0.5) is 0 Å². The second-order valence-electron chi connectivity index (χ2n) is 4.52. The standard InChI is InChI=1S/C12H25N5S/c1-4-6-7-11(5-2)10-18-12-14-15-16-17(12)9-8-13-3/h11,13H,4-10H2,1-3H3. The predicted molar refractivity (Wildman–Crippen MR) is 75.8 cm³/mol. The first-order valence-electron chi connectivity index (χ1n) is 6.85. The van der Waals surface area contributed by atoms with Crippen LogP contribution in [0.2, 0.25) is 0 Å². The number of nitrogens with zero attached hydrogens (tertiary/aromatic N) is 4. The molecule has 1 heterocycles. The molecular weight excluding hydrogens is 246 g/mol. The molecule has 0 saturated heterocycles. The molecule has 0 bridgehead atoms. The molecule has 1 unspecified atom stereocenters. The fourth-order valence-electron chi connectivity index (χ4n) is 1.75. The number of tetrazole rings is 1. The van der Waals surface area contributed by atoms with Crippen molar-refractivity contribution in [3.8, 4) is 0 Å². The zero-order valence-corrected chi connectivity index (χ0v) is 12.5. The lowest BCUT2D eigenvalue weighted by Gasteiger charge is -2.13. The maximum absolute atomic E-state index is 4.09.